The third kappa shape index (κ3) is 4.37. The second-order valence-corrected chi connectivity index (χ2v) is 3.24. The maximum absolute atomic E-state index is 12.5. The Morgan fingerprint density at radius 2 is 2.00 bits per heavy atom. The summed E-state index contributed by atoms with van der Waals surface area (Å²) in [6.45, 7) is 0.286. The molecule has 0 fully saturated rings. The molecule has 0 radical (unpaired) electrons. The van der Waals surface area contributed by atoms with Crippen LogP contribution >= 0.6 is 12.2 Å². The van der Waals surface area contributed by atoms with Gasteiger partial charge in [-0.2, -0.15) is 0 Å². The third-order valence-electron chi connectivity index (χ3n) is 1.60. The molecule has 0 aliphatic carbocycles. The standard InChI is InChI=1S/C9H10FN3OS/c10-7-3-1-6(2-4-7)5-12-9(14)13-8(11)15/h1-4H,5H2,(H4,11,12,13,14,15). The molecule has 0 aromatic heterocycles. The minimum atomic E-state index is -0.480. The van der Waals surface area contributed by atoms with Gasteiger partial charge in [0, 0.05) is 6.54 Å². The van der Waals surface area contributed by atoms with E-state index in [9.17, 15) is 9.18 Å². The first kappa shape index (κ1) is 11.4. The summed E-state index contributed by atoms with van der Waals surface area (Å²) in [4.78, 5) is 11.0. The Balaban J connectivity index is 2.40. The number of hydrogen-bond donors (Lipinski definition) is 3. The molecule has 0 heterocycles. The number of benzene rings is 1. The Morgan fingerprint density at radius 3 is 2.53 bits per heavy atom. The molecule has 1 aromatic carbocycles. The second kappa shape index (κ2) is 5.26. The molecule has 4 nitrogen and oxygen atoms in total. The van der Waals surface area contributed by atoms with Crippen LogP contribution in [0.15, 0.2) is 24.3 Å². The molecule has 2 amide bonds. The highest BCUT2D eigenvalue weighted by molar-refractivity contribution is 7.80. The van der Waals surface area contributed by atoms with Crippen LogP contribution in [0.3, 0.4) is 0 Å². The van der Waals surface area contributed by atoms with Crippen molar-refractivity contribution in [2.24, 2.45) is 5.73 Å². The van der Waals surface area contributed by atoms with Crippen molar-refractivity contribution in [3.8, 4) is 0 Å². The van der Waals surface area contributed by atoms with Gasteiger partial charge in [-0.05, 0) is 29.9 Å². The maximum atomic E-state index is 12.5. The zero-order chi connectivity index (χ0) is 11.3. The molecule has 4 N–H and O–H groups in total. The number of amides is 2. The average Bonchev–Trinajstić information content (AvgIpc) is 2.16. The molecular weight excluding hydrogens is 217 g/mol. The van der Waals surface area contributed by atoms with Crippen molar-refractivity contribution in [3.05, 3.63) is 35.6 Å². The van der Waals surface area contributed by atoms with E-state index in [2.05, 4.69) is 22.9 Å². The van der Waals surface area contributed by atoms with Gasteiger partial charge < -0.3 is 11.1 Å². The lowest BCUT2D eigenvalue weighted by atomic mass is 10.2. The molecule has 0 atom stereocenters. The zero-order valence-corrected chi connectivity index (χ0v) is 8.60. The Morgan fingerprint density at radius 1 is 1.40 bits per heavy atom. The van der Waals surface area contributed by atoms with Crippen molar-refractivity contribution in [2.45, 2.75) is 6.54 Å². The summed E-state index contributed by atoms with van der Waals surface area (Å²) in [6, 6.07) is 5.32. The van der Waals surface area contributed by atoms with Gasteiger partial charge in [-0.1, -0.05) is 12.1 Å². The van der Waals surface area contributed by atoms with Gasteiger partial charge in [0.05, 0.1) is 0 Å². The van der Waals surface area contributed by atoms with Crippen molar-refractivity contribution < 1.29 is 9.18 Å². The van der Waals surface area contributed by atoms with Crippen LogP contribution in [0.2, 0.25) is 0 Å². The van der Waals surface area contributed by atoms with E-state index >= 15 is 0 Å². The molecule has 0 saturated carbocycles. The van der Waals surface area contributed by atoms with Crippen LogP contribution in [0.5, 0.6) is 0 Å². The third-order valence-corrected chi connectivity index (χ3v) is 1.71. The maximum Gasteiger partial charge on any atom is 0.321 e. The lowest BCUT2D eigenvalue weighted by molar-refractivity contribution is 0.245. The van der Waals surface area contributed by atoms with E-state index in [1.807, 2.05) is 0 Å². The number of nitrogens with one attached hydrogen (secondary N) is 2. The number of rotatable bonds is 2. The minimum Gasteiger partial charge on any atom is -0.376 e. The highest BCUT2D eigenvalue weighted by Crippen LogP contribution is 2.01. The molecule has 15 heavy (non-hydrogen) atoms. The van der Waals surface area contributed by atoms with E-state index in [4.69, 9.17) is 5.73 Å². The first-order chi connectivity index (χ1) is 7.08. The summed E-state index contributed by atoms with van der Waals surface area (Å²) < 4.78 is 12.5. The van der Waals surface area contributed by atoms with Crippen LogP contribution in [0, 0.1) is 5.82 Å². The minimum absolute atomic E-state index is 0.0911. The summed E-state index contributed by atoms with van der Waals surface area (Å²) in [6.07, 6.45) is 0. The Hall–Kier alpha value is -1.69. The Labute approximate surface area is 91.7 Å². The summed E-state index contributed by atoms with van der Waals surface area (Å²) in [5.74, 6) is -0.314. The first-order valence-electron chi connectivity index (χ1n) is 4.16. The van der Waals surface area contributed by atoms with E-state index in [-0.39, 0.29) is 17.5 Å². The quantitative estimate of drug-likeness (QED) is 0.657. The largest absolute Gasteiger partial charge is 0.376 e. The van der Waals surface area contributed by atoms with Crippen LogP contribution in [-0.4, -0.2) is 11.1 Å². The van der Waals surface area contributed by atoms with Crippen molar-refractivity contribution in [3.63, 3.8) is 0 Å². The SMILES string of the molecule is NC(=S)NC(=O)NCc1ccc(F)cc1. The number of hydrogen-bond acceptors (Lipinski definition) is 2. The van der Waals surface area contributed by atoms with Crippen LogP contribution < -0.4 is 16.4 Å². The molecule has 0 unspecified atom stereocenters. The number of nitrogens with two attached hydrogens (primary N) is 1. The van der Waals surface area contributed by atoms with Crippen LogP contribution in [0.25, 0.3) is 0 Å². The molecular formula is C9H10FN3OS. The number of thiocarbonyl (C=S) groups is 1. The Kier molecular flexibility index (Phi) is 3.99. The lowest BCUT2D eigenvalue weighted by Gasteiger charge is -2.05. The number of carbonyl (C=O) groups excluding carboxylic acids is 1. The molecule has 0 aliphatic rings. The zero-order valence-electron chi connectivity index (χ0n) is 7.79. The van der Waals surface area contributed by atoms with Gasteiger partial charge in [-0.25, -0.2) is 9.18 Å². The summed E-state index contributed by atoms with van der Waals surface area (Å²) in [5, 5.41) is 4.63. The number of carbonyl (C=O) groups is 1. The van der Waals surface area contributed by atoms with Gasteiger partial charge in [0.25, 0.3) is 0 Å². The highest BCUT2D eigenvalue weighted by Gasteiger charge is 2.00. The normalized spacial score (nSPS) is 9.40. The molecule has 0 aliphatic heterocycles. The number of urea groups is 1. The summed E-state index contributed by atoms with van der Waals surface area (Å²) >= 11 is 4.48. The highest BCUT2D eigenvalue weighted by atomic mass is 32.1. The van der Waals surface area contributed by atoms with Crippen molar-refractivity contribution >= 4 is 23.4 Å². The molecule has 1 rings (SSSR count). The second-order valence-electron chi connectivity index (χ2n) is 2.80. The van der Waals surface area contributed by atoms with Crippen LogP contribution in [0.4, 0.5) is 9.18 Å². The summed E-state index contributed by atoms with van der Waals surface area (Å²) in [5.41, 5.74) is 5.88. The fraction of sp³-hybridized carbons (Fsp3) is 0.111. The van der Waals surface area contributed by atoms with Gasteiger partial charge in [0.2, 0.25) is 0 Å². The van der Waals surface area contributed by atoms with Crippen LogP contribution in [0.1, 0.15) is 5.56 Å². The molecule has 1 aromatic rings. The van der Waals surface area contributed by atoms with Gasteiger partial charge in [-0.15, -0.1) is 0 Å². The number of halogens is 1. The monoisotopic (exact) mass is 227 g/mol. The molecule has 0 spiro atoms. The molecule has 0 bridgehead atoms. The topological polar surface area (TPSA) is 67.1 Å². The first-order valence-corrected chi connectivity index (χ1v) is 4.57. The van der Waals surface area contributed by atoms with E-state index in [1.165, 1.54) is 12.1 Å². The van der Waals surface area contributed by atoms with Gasteiger partial charge >= 0.3 is 6.03 Å². The smallest absolute Gasteiger partial charge is 0.321 e. The average molecular weight is 227 g/mol. The molecule has 6 heteroatoms. The van der Waals surface area contributed by atoms with Gasteiger partial charge in [0.1, 0.15) is 5.82 Å². The predicted molar refractivity (Wildman–Crippen MR) is 58.6 cm³/mol. The van der Waals surface area contributed by atoms with E-state index in [0.717, 1.165) is 5.56 Å². The van der Waals surface area contributed by atoms with Crippen molar-refractivity contribution in [2.75, 3.05) is 0 Å². The van der Waals surface area contributed by atoms with Gasteiger partial charge in [-0.3, -0.25) is 5.32 Å². The van der Waals surface area contributed by atoms with E-state index in [1.54, 1.807) is 12.1 Å². The molecule has 0 saturated heterocycles. The van der Waals surface area contributed by atoms with Crippen molar-refractivity contribution in [1.82, 2.24) is 10.6 Å². The summed E-state index contributed by atoms with van der Waals surface area (Å²) in [7, 11) is 0. The molecule has 80 valence electrons. The van der Waals surface area contributed by atoms with E-state index in [0.29, 0.717) is 0 Å². The fourth-order valence-electron chi connectivity index (χ4n) is 0.941. The van der Waals surface area contributed by atoms with Crippen molar-refractivity contribution in [1.29, 1.82) is 0 Å². The van der Waals surface area contributed by atoms with Gasteiger partial charge in [0.15, 0.2) is 5.11 Å². The van der Waals surface area contributed by atoms with E-state index < -0.39 is 6.03 Å². The lowest BCUT2D eigenvalue weighted by Crippen LogP contribution is -2.41. The Bertz CT molecular complexity index is 366. The fourth-order valence-corrected chi connectivity index (χ4v) is 1.03. The predicted octanol–water partition coefficient (Wildman–Crippen LogP) is 0.869. The van der Waals surface area contributed by atoms with Crippen LogP contribution in [-0.2, 0) is 6.54 Å².